The molecule has 34 heavy (non-hydrogen) atoms. The van der Waals surface area contributed by atoms with Crippen LogP contribution in [0.3, 0.4) is 0 Å². The van der Waals surface area contributed by atoms with Crippen molar-refractivity contribution in [3.8, 4) is 0 Å². The molecule has 0 unspecified atom stereocenters. The van der Waals surface area contributed by atoms with Gasteiger partial charge in [0.05, 0.1) is 19.2 Å². The number of carbonyl (C=O) groups is 2. The molecule has 2 aliphatic heterocycles. The lowest BCUT2D eigenvalue weighted by molar-refractivity contribution is -0.142. The molecule has 0 radical (unpaired) electrons. The average Bonchev–Trinajstić information content (AvgIpc) is 3.37. The first-order valence-corrected chi connectivity index (χ1v) is 11.0. The largest absolute Gasteiger partial charge is 0.480 e. The Bertz CT molecular complexity index is 1280. The van der Waals surface area contributed by atoms with Crippen molar-refractivity contribution in [3.05, 3.63) is 62.5 Å². The normalized spacial score (nSPS) is 24.7. The Hall–Kier alpha value is -2.96. The molecule has 2 aliphatic rings. The third-order valence-electron chi connectivity index (χ3n) is 5.13. The minimum absolute atomic E-state index is 0.0628. The summed E-state index contributed by atoms with van der Waals surface area (Å²) in [7, 11) is 1.08. The van der Waals surface area contributed by atoms with Gasteiger partial charge in [-0.15, -0.1) is 11.3 Å². The zero-order chi connectivity index (χ0) is 26.4. The van der Waals surface area contributed by atoms with Gasteiger partial charge in [0.15, 0.2) is 10.8 Å². The van der Waals surface area contributed by atoms with Crippen molar-refractivity contribution < 1.29 is 35.3 Å². The third-order valence-corrected chi connectivity index (χ3v) is 6.24. The highest BCUT2D eigenvalue weighted by Crippen LogP contribution is 2.38. The lowest BCUT2D eigenvalue weighted by Crippen LogP contribution is -2.43. The van der Waals surface area contributed by atoms with Crippen LogP contribution in [0.2, 0.25) is 5.02 Å². The fraction of sp³-hybridized carbons (Fsp3) is 0.333. The van der Waals surface area contributed by atoms with Crippen LogP contribution < -0.4 is 5.32 Å². The van der Waals surface area contributed by atoms with Crippen LogP contribution >= 0.6 is 22.9 Å². The second-order valence-electron chi connectivity index (χ2n) is 7.39. The van der Waals surface area contributed by atoms with Crippen LogP contribution in [0.15, 0.2) is 46.0 Å². The summed E-state index contributed by atoms with van der Waals surface area (Å²) in [6.07, 6.45) is -1.90. The summed E-state index contributed by atoms with van der Waals surface area (Å²) in [4.78, 5) is 34.1. The number of aliphatic carboxylic acids is 1. The van der Waals surface area contributed by atoms with Gasteiger partial charge in [0.2, 0.25) is 0 Å². The summed E-state index contributed by atoms with van der Waals surface area (Å²) in [6, 6.07) is 0.0218. The Balaban J connectivity index is 1.87. The van der Waals surface area contributed by atoms with Crippen LogP contribution in [0.4, 0.5) is 13.2 Å². The molecule has 2 aromatic rings. The maximum absolute atomic E-state index is 14.5. The van der Waals surface area contributed by atoms with E-state index in [1.807, 2.05) is 0 Å². The molecule has 180 valence electrons. The predicted molar refractivity (Wildman–Crippen MR) is 118 cm³/mol. The summed E-state index contributed by atoms with van der Waals surface area (Å²) in [5.41, 5.74) is -0.0539. The summed E-state index contributed by atoms with van der Waals surface area (Å²) in [5, 5.41) is 14.4. The Labute approximate surface area is 203 Å². The molecular weight excluding hydrogens is 497 g/mol. The number of rotatable bonds is 6. The molecule has 0 spiro atoms. The highest BCUT2D eigenvalue weighted by molar-refractivity contribution is 7.11. The first-order valence-electron chi connectivity index (χ1n) is 10.7. The fourth-order valence-corrected chi connectivity index (χ4v) is 4.58. The van der Waals surface area contributed by atoms with Crippen molar-refractivity contribution in [2.75, 3.05) is 20.2 Å². The minimum Gasteiger partial charge on any atom is -0.480 e. The van der Waals surface area contributed by atoms with Crippen LogP contribution in [0.5, 0.6) is 0 Å². The molecule has 0 saturated carbocycles. The highest BCUT2D eigenvalue weighted by Gasteiger charge is 2.49. The summed E-state index contributed by atoms with van der Waals surface area (Å²) in [5.74, 6) is -7.22. The van der Waals surface area contributed by atoms with Gasteiger partial charge >= 0.3 is 11.9 Å². The topological polar surface area (TPSA) is 104 Å². The number of carbonyl (C=O) groups excluding carboxylic acids is 1. The molecule has 1 aromatic carbocycles. The summed E-state index contributed by atoms with van der Waals surface area (Å²) >= 11 is 7.43. The second kappa shape index (κ2) is 9.35. The molecule has 0 amide bonds. The molecule has 13 heteroatoms. The molecule has 8 nitrogen and oxygen atoms in total. The molecule has 0 bridgehead atoms. The molecule has 1 saturated heterocycles. The van der Waals surface area contributed by atoms with Gasteiger partial charge in [-0.2, -0.15) is 0 Å². The van der Waals surface area contributed by atoms with E-state index in [-0.39, 0.29) is 27.7 Å². The standard InChI is InChI=1S/C21H18ClF3N4O4S/c1-33-20(32)15-13(8-29-9-21(24,25)7-14(29)19(30)31)27-17(18-26-4-5-34-18)28-16(15)11-3-2-10(23)6-12(11)22/h2-6,14,16H,7-9H2,1H3,(H,27,28)(H,30,31)/t14-,16-/m0/s1/i7D2. The van der Waals surface area contributed by atoms with E-state index in [9.17, 15) is 27.9 Å². The van der Waals surface area contributed by atoms with Gasteiger partial charge in [0.25, 0.3) is 5.92 Å². The van der Waals surface area contributed by atoms with E-state index in [1.54, 1.807) is 5.38 Å². The van der Waals surface area contributed by atoms with Crippen LogP contribution in [0, 0.1) is 5.82 Å². The first-order chi connectivity index (χ1) is 16.9. The number of aliphatic imine (C=N–C) groups is 1. The Morgan fingerprint density at radius 3 is 2.85 bits per heavy atom. The number of amidine groups is 1. The maximum Gasteiger partial charge on any atom is 0.338 e. The molecule has 2 atom stereocenters. The number of carboxylic acids is 1. The quantitative estimate of drug-likeness (QED) is 0.568. The van der Waals surface area contributed by atoms with Crippen molar-refractivity contribution in [2.45, 2.75) is 24.4 Å². The van der Waals surface area contributed by atoms with Crippen LogP contribution in [0.25, 0.3) is 0 Å². The minimum atomic E-state index is -3.98. The molecule has 1 aromatic heterocycles. The number of esters is 1. The van der Waals surface area contributed by atoms with Crippen molar-refractivity contribution >= 4 is 40.7 Å². The maximum atomic E-state index is 14.5. The number of methoxy groups -OCH3 is 1. The second-order valence-corrected chi connectivity index (χ2v) is 8.69. The number of nitrogens with one attached hydrogen (secondary N) is 1. The van der Waals surface area contributed by atoms with Crippen molar-refractivity contribution in [1.29, 1.82) is 0 Å². The van der Waals surface area contributed by atoms with Crippen molar-refractivity contribution in [2.24, 2.45) is 4.99 Å². The van der Waals surface area contributed by atoms with Crippen LogP contribution in [0.1, 0.15) is 25.7 Å². The van der Waals surface area contributed by atoms with Crippen molar-refractivity contribution in [3.63, 3.8) is 0 Å². The number of aromatic nitrogens is 1. The van der Waals surface area contributed by atoms with Gasteiger partial charge in [-0.1, -0.05) is 17.7 Å². The van der Waals surface area contributed by atoms with Gasteiger partial charge < -0.3 is 15.2 Å². The molecule has 4 rings (SSSR count). The van der Waals surface area contributed by atoms with Gasteiger partial charge in [0, 0.05) is 43.5 Å². The summed E-state index contributed by atoms with van der Waals surface area (Å²) in [6.45, 7) is -1.82. The Kier molecular flexibility index (Phi) is 5.93. The smallest absolute Gasteiger partial charge is 0.338 e. The molecule has 0 aliphatic carbocycles. The average molecular weight is 517 g/mol. The van der Waals surface area contributed by atoms with E-state index in [0.717, 1.165) is 24.1 Å². The zero-order valence-electron chi connectivity index (χ0n) is 19.4. The number of nitrogens with zero attached hydrogens (tertiary/aromatic N) is 3. The molecular formula is C21H18ClF3N4O4S. The first kappa shape index (κ1) is 21.6. The van der Waals surface area contributed by atoms with Gasteiger partial charge in [-0.3, -0.25) is 14.7 Å². The number of benzene rings is 1. The Morgan fingerprint density at radius 1 is 1.47 bits per heavy atom. The number of halogens is 4. The van der Waals surface area contributed by atoms with Crippen molar-refractivity contribution in [1.82, 2.24) is 15.2 Å². The van der Waals surface area contributed by atoms with E-state index in [1.165, 1.54) is 23.6 Å². The predicted octanol–water partition coefficient (Wildman–Crippen LogP) is 3.25. The SMILES string of the molecule is [2H]C1([2H])[C@@H](C(=O)O)N(CC2=C(C(=O)OC)[C@H](c3ccc(F)cc3Cl)N=C(c3nccs3)N2)CC1(F)F. The van der Waals surface area contributed by atoms with Gasteiger partial charge in [-0.05, 0) is 12.1 Å². The lowest BCUT2D eigenvalue weighted by Gasteiger charge is -2.30. The number of likely N-dealkylation sites (tertiary alicyclic amines) is 1. The number of carboxylic acid groups (broad SMARTS) is 1. The summed E-state index contributed by atoms with van der Waals surface area (Å²) < 4.78 is 63.1. The Morgan fingerprint density at radius 2 is 2.24 bits per heavy atom. The highest BCUT2D eigenvalue weighted by atomic mass is 35.5. The van der Waals surface area contributed by atoms with Gasteiger partial charge in [0.1, 0.15) is 17.9 Å². The van der Waals surface area contributed by atoms with E-state index in [2.05, 4.69) is 15.3 Å². The van der Waals surface area contributed by atoms with E-state index < -0.39 is 55.2 Å². The zero-order valence-corrected chi connectivity index (χ0v) is 19.0. The van der Waals surface area contributed by atoms with E-state index in [4.69, 9.17) is 19.1 Å². The van der Waals surface area contributed by atoms with Crippen LogP contribution in [-0.4, -0.2) is 64.9 Å². The molecule has 3 heterocycles. The number of ether oxygens (including phenoxy) is 1. The third kappa shape index (κ3) is 4.79. The van der Waals surface area contributed by atoms with E-state index >= 15 is 0 Å². The monoisotopic (exact) mass is 516 g/mol. The number of alkyl halides is 2. The van der Waals surface area contributed by atoms with E-state index in [0.29, 0.717) is 5.01 Å². The number of hydrogen-bond acceptors (Lipinski definition) is 8. The fourth-order valence-electron chi connectivity index (χ4n) is 3.72. The number of hydrogen-bond donors (Lipinski definition) is 2. The molecule has 2 N–H and O–H groups in total. The molecule has 1 fully saturated rings. The number of thiazole rings is 1. The van der Waals surface area contributed by atoms with Crippen LogP contribution in [-0.2, 0) is 14.3 Å². The van der Waals surface area contributed by atoms with Gasteiger partial charge in [-0.25, -0.2) is 22.9 Å². The lowest BCUT2D eigenvalue weighted by atomic mass is 9.95.